The normalized spacial score (nSPS) is 13.2. The Morgan fingerprint density at radius 2 is 1.86 bits per heavy atom. The van der Waals surface area contributed by atoms with Gasteiger partial charge in [-0.2, -0.15) is 18.3 Å². The van der Waals surface area contributed by atoms with Crippen LogP contribution < -0.4 is 14.8 Å². The molecule has 11 heteroatoms. The highest BCUT2D eigenvalue weighted by atomic mass is 19.4. The molecule has 1 aromatic heterocycles. The number of alkyl halides is 3. The van der Waals surface area contributed by atoms with Gasteiger partial charge in [-0.15, -0.1) is 0 Å². The molecule has 0 bridgehead atoms. The van der Waals surface area contributed by atoms with Gasteiger partial charge in [0.25, 0.3) is 5.91 Å². The number of rotatable bonds is 7. The van der Waals surface area contributed by atoms with Crippen LogP contribution in [0.3, 0.4) is 0 Å². The largest absolute Gasteiger partial charge is 0.493 e. The van der Waals surface area contributed by atoms with Gasteiger partial charge in [0, 0.05) is 37.3 Å². The summed E-state index contributed by atoms with van der Waals surface area (Å²) in [4.78, 5) is 27.4. The van der Waals surface area contributed by atoms with E-state index in [0.717, 1.165) is 23.4 Å². The van der Waals surface area contributed by atoms with E-state index in [1.54, 1.807) is 23.1 Å². The van der Waals surface area contributed by atoms with Crippen molar-refractivity contribution < 1.29 is 32.2 Å². The van der Waals surface area contributed by atoms with Gasteiger partial charge in [0.05, 0.1) is 26.2 Å². The van der Waals surface area contributed by atoms with E-state index in [4.69, 9.17) is 9.47 Å². The van der Waals surface area contributed by atoms with Gasteiger partial charge >= 0.3 is 6.18 Å². The molecule has 0 fully saturated rings. The lowest BCUT2D eigenvalue weighted by atomic mass is 10.0. The van der Waals surface area contributed by atoms with Gasteiger partial charge in [-0.05, 0) is 35.4 Å². The number of carbonyl (C=O) groups excluding carboxylic acids is 2. The van der Waals surface area contributed by atoms with E-state index in [2.05, 4.69) is 15.5 Å². The maximum Gasteiger partial charge on any atom is 0.416 e. The van der Waals surface area contributed by atoms with Crippen LogP contribution in [0.2, 0.25) is 0 Å². The predicted octanol–water partition coefficient (Wildman–Crippen LogP) is 3.50. The van der Waals surface area contributed by atoms with Crippen molar-refractivity contribution in [3.8, 4) is 11.5 Å². The first-order valence-corrected chi connectivity index (χ1v) is 11.2. The number of H-pyrrole nitrogens is 1. The summed E-state index contributed by atoms with van der Waals surface area (Å²) < 4.78 is 49.4. The van der Waals surface area contributed by atoms with Crippen molar-refractivity contribution in [2.75, 3.05) is 20.8 Å². The molecule has 36 heavy (non-hydrogen) atoms. The van der Waals surface area contributed by atoms with Crippen LogP contribution in [0.5, 0.6) is 11.5 Å². The van der Waals surface area contributed by atoms with E-state index in [1.807, 2.05) is 0 Å². The molecule has 4 rings (SSSR count). The summed E-state index contributed by atoms with van der Waals surface area (Å²) >= 11 is 0. The lowest BCUT2D eigenvalue weighted by Gasteiger charge is -2.27. The fraction of sp³-hybridized carbons (Fsp3) is 0.320. The average Bonchev–Trinajstić information content (AvgIpc) is 3.30. The van der Waals surface area contributed by atoms with Crippen LogP contribution in [0.15, 0.2) is 42.5 Å². The highest BCUT2D eigenvalue weighted by molar-refractivity contribution is 5.94. The molecule has 2 N–H and O–H groups in total. The highest BCUT2D eigenvalue weighted by Crippen LogP contribution is 2.30. The summed E-state index contributed by atoms with van der Waals surface area (Å²) in [6.45, 7) is 0.573. The Balaban J connectivity index is 1.42. The van der Waals surface area contributed by atoms with Gasteiger partial charge in [0.15, 0.2) is 17.2 Å². The average molecular weight is 502 g/mol. The number of aromatic nitrogens is 2. The van der Waals surface area contributed by atoms with E-state index < -0.39 is 17.6 Å². The highest BCUT2D eigenvalue weighted by Gasteiger charge is 2.31. The number of benzene rings is 2. The monoisotopic (exact) mass is 502 g/mol. The number of fused-ring (bicyclic) bond motifs is 1. The Morgan fingerprint density at radius 3 is 2.58 bits per heavy atom. The summed E-state index contributed by atoms with van der Waals surface area (Å²) in [5.74, 6) is 0.442. The zero-order valence-electron chi connectivity index (χ0n) is 19.7. The molecule has 3 aromatic rings. The van der Waals surface area contributed by atoms with E-state index in [1.165, 1.54) is 26.4 Å². The lowest BCUT2D eigenvalue weighted by Crippen LogP contribution is -2.37. The molecule has 0 spiro atoms. The number of hydrogen-bond donors (Lipinski definition) is 2. The summed E-state index contributed by atoms with van der Waals surface area (Å²) in [5, 5.41) is 9.56. The minimum atomic E-state index is -4.46. The molecule has 0 radical (unpaired) electrons. The predicted molar refractivity (Wildman–Crippen MR) is 124 cm³/mol. The number of carbonyl (C=O) groups is 2. The lowest BCUT2D eigenvalue weighted by molar-refractivity contribution is -0.137. The van der Waals surface area contributed by atoms with Crippen molar-refractivity contribution >= 4 is 11.8 Å². The summed E-state index contributed by atoms with van der Waals surface area (Å²) in [6.07, 6.45) is -3.82. The molecule has 2 amide bonds. The van der Waals surface area contributed by atoms with E-state index >= 15 is 0 Å². The van der Waals surface area contributed by atoms with Gasteiger partial charge < -0.3 is 19.7 Å². The Kier molecular flexibility index (Phi) is 7.18. The van der Waals surface area contributed by atoms with Gasteiger partial charge in [-0.25, -0.2) is 0 Å². The quantitative estimate of drug-likeness (QED) is 0.516. The van der Waals surface area contributed by atoms with Crippen molar-refractivity contribution in [2.24, 2.45) is 0 Å². The van der Waals surface area contributed by atoms with Crippen LogP contribution in [-0.4, -0.2) is 47.7 Å². The molecular formula is C25H25F3N4O4. The van der Waals surface area contributed by atoms with E-state index in [9.17, 15) is 22.8 Å². The number of halogens is 3. The third-order valence-corrected chi connectivity index (χ3v) is 6.01. The number of hydrogen-bond acceptors (Lipinski definition) is 5. The smallest absolute Gasteiger partial charge is 0.416 e. The van der Waals surface area contributed by atoms with Crippen LogP contribution in [0.25, 0.3) is 0 Å². The fourth-order valence-electron chi connectivity index (χ4n) is 4.10. The molecule has 0 saturated carbocycles. The first-order valence-electron chi connectivity index (χ1n) is 11.2. The zero-order chi connectivity index (χ0) is 25.9. The van der Waals surface area contributed by atoms with Crippen LogP contribution >= 0.6 is 0 Å². The molecule has 1 aliphatic rings. The molecule has 2 heterocycles. The standard InChI is InChI=1S/C25H25F3N4O4/c1-35-20-7-6-15(11-21(20)36-2)12-22(33)32-9-8-19-18(14-32)23(31-30-19)24(34)29-13-16-4-3-5-17(10-16)25(26,27)28/h3-7,10-11H,8-9,12-14H2,1-2H3,(H,29,34)(H,30,31). The van der Waals surface area contributed by atoms with Crippen LogP contribution in [0, 0.1) is 0 Å². The Bertz CT molecular complexity index is 1270. The van der Waals surface area contributed by atoms with Crippen LogP contribution in [0.1, 0.15) is 38.4 Å². The molecular weight excluding hydrogens is 477 g/mol. The number of ether oxygens (including phenoxy) is 2. The van der Waals surface area contributed by atoms with Gasteiger partial charge in [-0.3, -0.25) is 14.7 Å². The Morgan fingerprint density at radius 1 is 1.08 bits per heavy atom. The number of nitrogens with one attached hydrogen (secondary N) is 2. The molecule has 8 nitrogen and oxygen atoms in total. The molecule has 1 aliphatic heterocycles. The third-order valence-electron chi connectivity index (χ3n) is 6.01. The molecule has 0 atom stereocenters. The molecule has 0 aliphatic carbocycles. The number of amides is 2. The topological polar surface area (TPSA) is 96.5 Å². The molecule has 2 aromatic carbocycles. The van der Waals surface area contributed by atoms with Gasteiger partial charge in [-0.1, -0.05) is 18.2 Å². The number of aromatic amines is 1. The zero-order valence-corrected chi connectivity index (χ0v) is 19.7. The van der Waals surface area contributed by atoms with Gasteiger partial charge in [0.1, 0.15) is 0 Å². The SMILES string of the molecule is COc1ccc(CC(=O)N2CCc3[nH]nc(C(=O)NCc4cccc(C(F)(F)F)c4)c3C2)cc1OC. The summed E-state index contributed by atoms with van der Waals surface area (Å²) in [7, 11) is 3.06. The minimum absolute atomic E-state index is 0.0909. The molecule has 0 unspecified atom stereocenters. The maximum atomic E-state index is 13.0. The van der Waals surface area contributed by atoms with Crippen molar-refractivity contribution in [3.63, 3.8) is 0 Å². The maximum absolute atomic E-state index is 13.0. The van der Waals surface area contributed by atoms with Crippen molar-refractivity contribution in [2.45, 2.75) is 32.1 Å². The first kappa shape index (κ1) is 25.1. The van der Waals surface area contributed by atoms with Gasteiger partial charge in [0.2, 0.25) is 5.91 Å². The number of nitrogens with zero attached hydrogens (tertiary/aromatic N) is 2. The second kappa shape index (κ2) is 10.3. The Hall–Kier alpha value is -4.02. The van der Waals surface area contributed by atoms with Crippen LogP contribution in [-0.2, 0) is 36.9 Å². The Labute approximate surface area is 205 Å². The van der Waals surface area contributed by atoms with Crippen molar-refractivity contribution in [1.82, 2.24) is 20.4 Å². The minimum Gasteiger partial charge on any atom is -0.493 e. The second-order valence-corrected chi connectivity index (χ2v) is 8.34. The van der Waals surface area contributed by atoms with Crippen molar-refractivity contribution in [3.05, 3.63) is 76.1 Å². The first-order chi connectivity index (χ1) is 17.2. The van der Waals surface area contributed by atoms with Crippen molar-refractivity contribution in [1.29, 1.82) is 0 Å². The molecule has 0 saturated heterocycles. The van der Waals surface area contributed by atoms with E-state index in [0.29, 0.717) is 35.6 Å². The third kappa shape index (κ3) is 5.45. The van der Waals surface area contributed by atoms with E-state index in [-0.39, 0.29) is 31.1 Å². The summed E-state index contributed by atoms with van der Waals surface area (Å²) in [6, 6.07) is 10.0. The fourth-order valence-corrected chi connectivity index (χ4v) is 4.10. The second-order valence-electron chi connectivity index (χ2n) is 8.34. The number of methoxy groups -OCH3 is 2. The van der Waals surface area contributed by atoms with Crippen LogP contribution in [0.4, 0.5) is 13.2 Å². The summed E-state index contributed by atoms with van der Waals surface area (Å²) in [5.41, 5.74) is 1.78. The molecule has 190 valence electrons.